The Bertz CT molecular complexity index is 5020. The van der Waals surface area contributed by atoms with E-state index in [0.717, 1.165) is 0 Å². The van der Waals surface area contributed by atoms with Crippen LogP contribution in [0.15, 0.2) is 230 Å². The summed E-state index contributed by atoms with van der Waals surface area (Å²) in [6.07, 6.45) is 4.99. The number of hydrogen-bond acceptors (Lipinski definition) is 2. The number of para-hydroxylation sites is 6. The van der Waals surface area contributed by atoms with Crippen molar-refractivity contribution < 1.29 is 35.3 Å². The van der Waals surface area contributed by atoms with Crippen molar-refractivity contribution in [2.75, 3.05) is 0 Å². The van der Waals surface area contributed by atoms with Crippen LogP contribution in [0, 0.1) is 6.33 Å². The average Bonchev–Trinajstić information content (AvgIpc) is 1.57. The molecule has 0 bridgehead atoms. The van der Waals surface area contributed by atoms with E-state index in [-0.39, 0.29) is 66.9 Å². The Balaban J connectivity index is 1.08. The topological polar surface area (TPSA) is 40.8 Å². The highest BCUT2D eigenvalue weighted by Crippen LogP contribution is 2.43. The van der Waals surface area contributed by atoms with E-state index in [0.29, 0.717) is 49.9 Å². The second-order valence-electron chi connectivity index (χ2n) is 16.4. The molecule has 0 aliphatic rings. The van der Waals surface area contributed by atoms with Crippen molar-refractivity contribution in [2.24, 2.45) is 0 Å². The highest BCUT2D eigenvalue weighted by molar-refractivity contribution is 6.16. The molecule has 0 saturated carbocycles. The molecule has 69 heavy (non-hydrogen) atoms. The van der Waals surface area contributed by atoms with Crippen molar-refractivity contribution in [3.63, 3.8) is 0 Å². The maximum Gasteiger partial charge on any atom is 0.269 e. The maximum atomic E-state index is 9.46. The Morgan fingerprint density at radius 3 is 1.90 bits per heavy atom. The van der Waals surface area contributed by atoms with Gasteiger partial charge in [-0.1, -0.05) is 177 Å². The molecule has 4 heterocycles. The summed E-state index contributed by atoms with van der Waals surface area (Å²) in [5.41, 5.74) is 2.81. The lowest BCUT2D eigenvalue weighted by Gasteiger charge is -2.17. The molecule has 13 rings (SSSR count). The van der Waals surface area contributed by atoms with Crippen molar-refractivity contribution in [3.8, 4) is 56.6 Å². The monoisotopic (exact) mass is 906 g/mol. The molecule has 0 spiro atoms. The van der Waals surface area contributed by atoms with E-state index in [1.165, 1.54) is 22.8 Å². The van der Waals surface area contributed by atoms with Gasteiger partial charge in [0.2, 0.25) is 0 Å². The second-order valence-corrected chi connectivity index (χ2v) is 16.4. The summed E-state index contributed by atoms with van der Waals surface area (Å²) in [6.45, 7) is 3.50. The van der Waals surface area contributed by atoms with Crippen molar-refractivity contribution in [1.82, 2.24) is 18.7 Å². The van der Waals surface area contributed by atoms with E-state index in [1.807, 2.05) is 28.8 Å². The maximum absolute atomic E-state index is 9.46. The van der Waals surface area contributed by atoms with Crippen molar-refractivity contribution in [1.29, 1.82) is 0 Å². The molecule has 6 heteroatoms. The van der Waals surface area contributed by atoms with Gasteiger partial charge in [-0.3, -0.25) is 13.7 Å². The van der Waals surface area contributed by atoms with E-state index in [2.05, 4.69) is 6.33 Å². The van der Waals surface area contributed by atoms with E-state index in [4.69, 9.17) is 30.3 Å². The summed E-state index contributed by atoms with van der Waals surface area (Å²) in [7, 11) is 0. The Labute approximate surface area is 426 Å². The molecule has 6 nitrogen and oxygen atoms in total. The lowest BCUT2D eigenvalue weighted by atomic mass is 9.95. The van der Waals surface area contributed by atoms with Gasteiger partial charge in [-0.2, -0.15) is 0 Å². The number of rotatable bonds is 9. The van der Waals surface area contributed by atoms with Crippen LogP contribution in [-0.4, -0.2) is 18.7 Å². The minimum absolute atomic E-state index is 0.0610. The average molecular weight is 907 g/mol. The van der Waals surface area contributed by atoms with Crippen LogP contribution < -0.4 is 9.30 Å². The number of fused-ring (bicyclic) bond motifs is 7. The van der Waals surface area contributed by atoms with Crippen LogP contribution in [0.3, 0.4) is 0 Å². The van der Waals surface area contributed by atoms with Crippen LogP contribution in [-0.2, 0) is 0 Å². The summed E-state index contributed by atoms with van der Waals surface area (Å²) in [5.74, 6) is -0.279. The molecule has 0 atom stereocenters. The van der Waals surface area contributed by atoms with Crippen molar-refractivity contribution >= 4 is 54.6 Å². The molecular weight excluding hydrogens is 843 g/mol. The predicted octanol–water partition coefficient (Wildman–Crippen LogP) is 15.5. The zero-order valence-corrected chi connectivity index (χ0v) is 36.7. The molecule has 0 saturated heterocycles. The standard InChI is InChI=1S/C63H45N5O/c1-42(2)45-35-36-64-61(37-45)68-56-32-14-11-27-53(56)62-59(67-54-30-12-9-25-51(54)52-26-10-13-31-55(52)67)39-48(40-60(62)68)69-47-24-17-23-46(38-47)65-41-66(58-34-16-15-33-57(58)65)63-49(43-19-5-3-6-20-43)28-18-29-50(63)44-21-7-4-8-22-44/h3-40,42H,1-2H3/i3D,4D,5D,6D,7D,8D,9D,10D,12D,13D,19D,20D,21D,22D,25D,26D,30D,31D,42D. The Morgan fingerprint density at radius 1 is 0.551 bits per heavy atom. The summed E-state index contributed by atoms with van der Waals surface area (Å²) >= 11 is 0. The Hall–Kier alpha value is -9.00. The number of hydrogen-bond donors (Lipinski definition) is 0. The first kappa shape index (κ1) is 25.2. The molecule has 9 aromatic carbocycles. The van der Waals surface area contributed by atoms with Gasteiger partial charge in [-0.25, -0.2) is 4.98 Å². The third-order valence-corrected chi connectivity index (χ3v) is 12.2. The Kier molecular flexibility index (Phi) is 6.00. The van der Waals surface area contributed by atoms with Crippen LogP contribution in [0.1, 0.15) is 51.3 Å². The van der Waals surface area contributed by atoms with Gasteiger partial charge in [0, 0.05) is 41.2 Å². The molecule has 13 aromatic rings. The van der Waals surface area contributed by atoms with Gasteiger partial charge < -0.3 is 9.30 Å². The van der Waals surface area contributed by atoms with E-state index in [1.54, 1.807) is 102 Å². The highest BCUT2D eigenvalue weighted by Gasteiger charge is 2.23. The summed E-state index contributed by atoms with van der Waals surface area (Å²) in [5, 5.41) is 0.860. The summed E-state index contributed by atoms with van der Waals surface area (Å²) in [4.78, 5) is 4.81. The van der Waals surface area contributed by atoms with Crippen LogP contribution in [0.2, 0.25) is 0 Å². The van der Waals surface area contributed by atoms with Gasteiger partial charge in [0.05, 0.1) is 74.8 Å². The minimum atomic E-state index is -1.06. The number of pyridine rings is 1. The molecule has 0 fully saturated rings. The fourth-order valence-corrected chi connectivity index (χ4v) is 9.24. The Morgan fingerprint density at radius 2 is 1.19 bits per heavy atom. The zero-order valence-electron chi connectivity index (χ0n) is 55.7. The zero-order chi connectivity index (χ0) is 62.6. The first-order valence-electron chi connectivity index (χ1n) is 31.4. The highest BCUT2D eigenvalue weighted by atomic mass is 16.5. The summed E-state index contributed by atoms with van der Waals surface area (Å²) in [6, 6.07) is 22.4. The molecule has 0 aliphatic carbocycles. The molecule has 0 unspecified atom stereocenters. The smallest absolute Gasteiger partial charge is 0.269 e. The fourth-order valence-electron chi connectivity index (χ4n) is 9.24. The van der Waals surface area contributed by atoms with Gasteiger partial charge in [-0.15, -0.1) is 0 Å². The first-order valence-corrected chi connectivity index (χ1v) is 21.9. The lowest BCUT2D eigenvalue weighted by molar-refractivity contribution is -0.571. The van der Waals surface area contributed by atoms with E-state index >= 15 is 0 Å². The largest absolute Gasteiger partial charge is 0.458 e. The van der Waals surface area contributed by atoms with Gasteiger partial charge in [0.1, 0.15) is 17.3 Å². The lowest BCUT2D eigenvalue weighted by Crippen LogP contribution is -2.31. The number of imidazole rings is 1. The van der Waals surface area contributed by atoms with Crippen molar-refractivity contribution in [2.45, 2.75) is 19.7 Å². The minimum Gasteiger partial charge on any atom is -0.458 e. The van der Waals surface area contributed by atoms with E-state index in [9.17, 15) is 5.48 Å². The fraction of sp³-hybridized carbons (Fsp3) is 0.0476. The van der Waals surface area contributed by atoms with Crippen LogP contribution in [0.4, 0.5) is 0 Å². The molecule has 0 aliphatic heterocycles. The van der Waals surface area contributed by atoms with Gasteiger partial charge in [-0.05, 0) is 82.2 Å². The van der Waals surface area contributed by atoms with Crippen LogP contribution in [0.25, 0.3) is 99.8 Å². The normalized spacial score (nSPS) is 15.8. The number of ether oxygens (including phenoxy) is 1. The van der Waals surface area contributed by atoms with E-state index < -0.39 is 115 Å². The molecule has 328 valence electrons. The molecular formula is C63H45N5O. The third-order valence-electron chi connectivity index (χ3n) is 12.2. The number of aromatic nitrogens is 5. The molecule has 0 amide bonds. The SMILES string of the molecule is [2H]c1c([2H])c([2H])c(-c2cccc(-c3c([2H])c([2H])c([2H])c([2H])c3[2H])c2-[n+]2[c-]n(-c3cccc(Oc4cc(-n5c6c([2H])c([2H])c([2H])c([2H])c6c6c([2H])c([2H])c([2H])c([2H])c65)c5c6ccccc6n(-c6cc(C([2H])(C)C)ccn6)c5c4)c3)c3ccccc32)c([2H])c1[2H]. The van der Waals surface area contributed by atoms with Gasteiger partial charge in [0.25, 0.3) is 6.33 Å². The molecule has 0 radical (unpaired) electrons. The summed E-state index contributed by atoms with van der Waals surface area (Å²) < 4.78 is 183. The quantitative estimate of drug-likeness (QED) is 0.107. The second kappa shape index (κ2) is 16.4. The third kappa shape index (κ3) is 6.71. The molecule has 4 aromatic heterocycles. The first-order chi connectivity index (χ1) is 41.8. The molecule has 0 N–H and O–H groups in total. The predicted molar refractivity (Wildman–Crippen MR) is 282 cm³/mol. The van der Waals surface area contributed by atoms with Crippen LogP contribution >= 0.6 is 0 Å². The number of nitrogens with zero attached hydrogens (tertiary/aromatic N) is 5. The van der Waals surface area contributed by atoms with Crippen LogP contribution in [0.5, 0.6) is 11.5 Å². The van der Waals surface area contributed by atoms with Crippen molar-refractivity contribution in [3.05, 3.63) is 242 Å². The number of benzene rings is 9. The van der Waals surface area contributed by atoms with Gasteiger partial charge >= 0.3 is 0 Å². The van der Waals surface area contributed by atoms with Gasteiger partial charge in [0.15, 0.2) is 0 Å².